The van der Waals surface area contributed by atoms with Gasteiger partial charge in [0.05, 0.1) is 38.6 Å². The van der Waals surface area contributed by atoms with E-state index < -0.39 is 201 Å². The van der Waals surface area contributed by atoms with Gasteiger partial charge in [0.15, 0.2) is 0 Å². The predicted octanol–water partition coefficient (Wildman–Crippen LogP) is 14.9. The van der Waals surface area contributed by atoms with Gasteiger partial charge in [0.2, 0.25) is 5.88 Å². The van der Waals surface area contributed by atoms with Crippen LogP contribution in [0, 0.1) is 0 Å². The molecule has 0 spiro atoms. The normalized spacial score (nSPS) is 21.0. The van der Waals surface area contributed by atoms with E-state index >= 15 is 0 Å². The molecule has 0 fully saturated rings. The second-order valence-electron chi connectivity index (χ2n) is 20.3. The monoisotopic (exact) mass is 874 g/mol. The maximum Gasteiger partial charge on any atom is 0.257 e. The molecule has 0 atom stereocenters. The maximum absolute atomic E-state index is 10.8. The Morgan fingerprint density at radius 3 is 1.55 bits per heavy atom. The zero-order chi connectivity index (χ0) is 66.1. The minimum absolute atomic E-state index is 0.00633. The Labute approximate surface area is 420 Å². The summed E-state index contributed by atoms with van der Waals surface area (Å²) in [6.45, 7) is 16.2. The van der Waals surface area contributed by atoms with Crippen molar-refractivity contribution in [3.8, 4) is 0 Å². The van der Waals surface area contributed by atoms with E-state index in [1.54, 1.807) is 41.5 Å². The third-order valence-corrected chi connectivity index (χ3v) is 12.8. The summed E-state index contributed by atoms with van der Waals surface area (Å²) in [4.78, 5) is 3.16. The number of para-hydroxylation sites is 3. The maximum atomic E-state index is 10.8. The second-order valence-corrected chi connectivity index (χ2v) is 20.3. The van der Waals surface area contributed by atoms with Crippen LogP contribution in [0.15, 0.2) is 162 Å². The van der Waals surface area contributed by atoms with E-state index in [0.717, 1.165) is 9.80 Å². The Bertz CT molecular complexity index is 4380. The SMILES string of the molecule is [2H]c1c([2H])c([2H])c(N(c2cc3c4c(c2)N(c2c([2H])c([2H])c(C(C)(C)C)c([2H])c2[2H])c2c([2H])c5c(c([2H])c2B4c2c(oc4c([2H])c([2H])c([2H])c([2H])c24)N3c2c([2H])c([2H])c(C(C)(C)C)c([2H])c2[2H])C(C)(C)CCC5(C)C)c2c([2H])c([2H])c([2H])c([2H])c2[2H])c([2H])c1[2H]. The summed E-state index contributed by atoms with van der Waals surface area (Å²) in [6.07, 6.45) is 0.983. The summed E-state index contributed by atoms with van der Waals surface area (Å²) in [6, 6.07) is -14.9. The lowest BCUT2D eigenvalue weighted by Gasteiger charge is -2.47. The van der Waals surface area contributed by atoms with E-state index in [0.29, 0.717) is 24.0 Å². The molecule has 0 N–H and O–H groups in total. The van der Waals surface area contributed by atoms with Crippen LogP contribution in [0.25, 0.3) is 11.0 Å². The van der Waals surface area contributed by atoms with Crippen molar-refractivity contribution < 1.29 is 37.3 Å². The first kappa shape index (κ1) is 22.6. The van der Waals surface area contributed by atoms with Crippen molar-refractivity contribution in [1.29, 1.82) is 0 Å². The average Bonchev–Trinajstić information content (AvgIpc) is 1.66. The van der Waals surface area contributed by atoms with Gasteiger partial charge < -0.3 is 14.2 Å². The van der Waals surface area contributed by atoms with Gasteiger partial charge in [-0.3, -0.25) is 4.90 Å². The molecule has 3 heterocycles. The fraction of sp³-hybridized carbons (Fsp3) is 0.267. The largest absolute Gasteiger partial charge is 0.440 e. The molecule has 0 amide bonds. The van der Waals surface area contributed by atoms with Gasteiger partial charge in [0.25, 0.3) is 6.71 Å². The van der Waals surface area contributed by atoms with Crippen LogP contribution >= 0.6 is 0 Å². The van der Waals surface area contributed by atoms with E-state index in [4.69, 9.17) is 15.4 Å². The van der Waals surface area contributed by atoms with Gasteiger partial charge in [0.1, 0.15) is 5.58 Å². The Morgan fingerprint density at radius 2 is 1.02 bits per heavy atom. The molecule has 7 aromatic carbocycles. The first-order chi connectivity index (χ1) is 41.0. The molecule has 11 rings (SSSR count). The molecule has 0 radical (unpaired) electrons. The van der Waals surface area contributed by atoms with Crippen LogP contribution in [0.2, 0.25) is 0 Å². The Kier molecular flexibility index (Phi) is 5.06. The minimum Gasteiger partial charge on any atom is -0.440 e. The number of hydrogen-bond acceptors (Lipinski definition) is 4. The van der Waals surface area contributed by atoms with Crippen molar-refractivity contribution in [2.45, 2.75) is 104 Å². The molecule has 0 saturated heterocycles. The van der Waals surface area contributed by atoms with Crippen LogP contribution in [-0.2, 0) is 21.7 Å². The van der Waals surface area contributed by atoms with Gasteiger partial charge >= 0.3 is 0 Å². The third kappa shape index (κ3) is 6.64. The molecular weight excluding hydrogens is 789 g/mol. The lowest BCUT2D eigenvalue weighted by Crippen LogP contribution is -2.61. The summed E-state index contributed by atoms with van der Waals surface area (Å²) in [5.41, 5.74) is -7.80. The van der Waals surface area contributed by atoms with E-state index in [9.17, 15) is 21.9 Å². The summed E-state index contributed by atoms with van der Waals surface area (Å²) < 4.78 is 236. The van der Waals surface area contributed by atoms with Crippen LogP contribution in [0.5, 0.6) is 0 Å². The number of hydrogen-bond donors (Lipinski definition) is 0. The summed E-state index contributed by atoms with van der Waals surface area (Å²) in [5, 5.41) is -0.274. The van der Waals surface area contributed by atoms with Crippen molar-refractivity contribution in [3.63, 3.8) is 0 Å². The van der Waals surface area contributed by atoms with Gasteiger partial charge in [-0.15, -0.1) is 0 Å². The molecule has 3 aliphatic rings. The molecule has 1 aromatic heterocycles. The zero-order valence-electron chi connectivity index (χ0n) is 61.9. The number of fused-ring (bicyclic) bond motifs is 7. The molecule has 4 nitrogen and oxygen atoms in total. The topological polar surface area (TPSA) is 22.9 Å². The molecule has 0 unspecified atom stereocenters. The van der Waals surface area contributed by atoms with Gasteiger partial charge in [-0.25, -0.2) is 0 Å². The predicted molar refractivity (Wildman–Crippen MR) is 278 cm³/mol. The number of furan rings is 1. The van der Waals surface area contributed by atoms with Crippen molar-refractivity contribution in [2.24, 2.45) is 0 Å². The molecule has 5 heteroatoms. The fourth-order valence-electron chi connectivity index (χ4n) is 9.23. The molecule has 2 aliphatic heterocycles. The van der Waals surface area contributed by atoms with Gasteiger partial charge in [-0.1, -0.05) is 154 Å². The average molecular weight is 874 g/mol. The Balaban J connectivity index is 1.50. The molecule has 1 aliphatic carbocycles. The fourth-order valence-corrected chi connectivity index (χ4v) is 9.23. The summed E-state index contributed by atoms with van der Waals surface area (Å²) in [7, 11) is 0. The summed E-state index contributed by atoms with van der Waals surface area (Å²) in [5.74, 6) is -0.463. The number of rotatable bonds is 5. The number of benzene rings is 7. The highest BCUT2D eigenvalue weighted by molar-refractivity contribution is 7.01. The van der Waals surface area contributed by atoms with Crippen LogP contribution in [0.4, 0.5) is 51.4 Å². The molecule has 0 bridgehead atoms. The van der Waals surface area contributed by atoms with Gasteiger partial charge in [0, 0.05) is 50.7 Å². The highest BCUT2D eigenvalue weighted by atomic mass is 16.4. The van der Waals surface area contributed by atoms with E-state index in [-0.39, 0.29) is 62.0 Å². The summed E-state index contributed by atoms with van der Waals surface area (Å²) >= 11 is 0. The van der Waals surface area contributed by atoms with E-state index in [2.05, 4.69) is 0 Å². The zero-order valence-corrected chi connectivity index (χ0v) is 37.9. The third-order valence-electron chi connectivity index (χ3n) is 12.8. The lowest BCUT2D eigenvalue weighted by molar-refractivity contribution is 0.332. The van der Waals surface area contributed by atoms with Crippen molar-refractivity contribution in [3.05, 3.63) is 179 Å². The highest BCUT2D eigenvalue weighted by Crippen LogP contribution is 2.52. The number of nitrogens with zero attached hydrogens (tertiary/aromatic N) is 3. The first-order valence-electron chi connectivity index (χ1n) is 33.6. The second kappa shape index (κ2) is 14.5. The van der Waals surface area contributed by atoms with Gasteiger partial charge in [-0.2, -0.15) is 0 Å². The van der Waals surface area contributed by atoms with Crippen molar-refractivity contribution in [1.82, 2.24) is 0 Å². The Morgan fingerprint density at radius 1 is 0.538 bits per heavy atom. The first-order valence-corrected chi connectivity index (χ1v) is 21.6. The quantitative estimate of drug-likeness (QED) is 0.161. The standard InChI is InChI=1S/C60H60BN3O/c1-57(2,3)39-25-29-43(30-26-39)63-50-38-48-47(59(7,8)33-34-60(48,9)10)37-49(50)61-54-46-23-17-18-24-53(46)65-56(54)64(44-31-27-40(28-32-44)58(4,5)6)52-36-45(35-51(63)55(52)61)62(41-19-13-11-14-20-41)42-21-15-12-16-22-42/h11-32,35-38H,33-34H2,1-10H3/i11D,12D,13D,14D,15D,16D,17D,18D,19D,20D,21D,22D,23D,24D,25D,26D,27D,28D,29D,30D,31D,32D,37D,38D. The van der Waals surface area contributed by atoms with Crippen LogP contribution in [0.1, 0.15) is 137 Å². The van der Waals surface area contributed by atoms with Crippen LogP contribution < -0.4 is 31.1 Å². The lowest BCUT2D eigenvalue weighted by atomic mass is 9.33. The van der Waals surface area contributed by atoms with E-state index in [1.165, 1.54) is 17.0 Å². The Hall–Kier alpha value is -6.46. The molecule has 8 aromatic rings. The number of anilines is 9. The van der Waals surface area contributed by atoms with Crippen LogP contribution in [-0.4, -0.2) is 6.71 Å². The minimum atomic E-state index is -1.59. The molecule has 324 valence electrons. The molecule has 65 heavy (non-hydrogen) atoms. The van der Waals surface area contributed by atoms with Gasteiger partial charge in [-0.05, 0) is 140 Å². The molecular formula is C60H60BN3O. The van der Waals surface area contributed by atoms with Crippen molar-refractivity contribution >= 4 is 85.5 Å². The smallest absolute Gasteiger partial charge is 0.257 e. The molecule has 0 saturated carbocycles. The highest BCUT2D eigenvalue weighted by Gasteiger charge is 2.49. The van der Waals surface area contributed by atoms with E-state index in [1.807, 2.05) is 27.7 Å². The van der Waals surface area contributed by atoms with Crippen LogP contribution in [0.3, 0.4) is 0 Å². The van der Waals surface area contributed by atoms with Crippen molar-refractivity contribution in [2.75, 3.05) is 14.7 Å².